The second-order valence-electron chi connectivity index (χ2n) is 4.08. The fraction of sp³-hybridized carbons (Fsp3) is 0.154. The molecule has 0 amide bonds. The van der Waals surface area contributed by atoms with E-state index >= 15 is 0 Å². The van der Waals surface area contributed by atoms with E-state index in [4.69, 9.17) is 9.84 Å². The van der Waals surface area contributed by atoms with Crippen molar-refractivity contribution in [1.82, 2.24) is 9.55 Å². The van der Waals surface area contributed by atoms with Gasteiger partial charge in [0, 0.05) is 7.05 Å². The number of nitrogens with one attached hydrogen (secondary N) is 1. The summed E-state index contributed by atoms with van der Waals surface area (Å²) in [4.78, 5) is 36.4. The van der Waals surface area contributed by atoms with Crippen LogP contribution in [0.2, 0.25) is 0 Å². The molecule has 2 rings (SSSR count). The predicted octanol–water partition coefficient (Wildman–Crippen LogP) is 0.351. The molecule has 0 atom stereocenters. The number of benzene rings is 1. The summed E-state index contributed by atoms with van der Waals surface area (Å²) in [5, 5.41) is 9.00. The Bertz CT molecular complexity index is 746. The Morgan fingerprint density at radius 3 is 2.55 bits per heavy atom. The highest BCUT2D eigenvalue weighted by molar-refractivity contribution is 5.88. The molecule has 0 spiro atoms. The molecule has 0 saturated carbocycles. The summed E-state index contributed by atoms with van der Waals surface area (Å²) in [6.07, 6.45) is 0. The van der Waals surface area contributed by atoms with E-state index in [0.717, 1.165) is 10.1 Å². The standard InChI is InChI=1S/C13H12N2O5/c1-15-11(16)10(9(12(17)18)14-13(15)19)20-7-8-5-3-2-4-6-8/h2-6H,7H2,1H3,(H,14,19)(H,17,18). The van der Waals surface area contributed by atoms with E-state index in [1.54, 1.807) is 24.3 Å². The van der Waals surface area contributed by atoms with Gasteiger partial charge in [0.05, 0.1) is 0 Å². The third-order valence-corrected chi connectivity index (χ3v) is 2.70. The number of hydrogen-bond donors (Lipinski definition) is 2. The Morgan fingerprint density at radius 2 is 1.95 bits per heavy atom. The topological polar surface area (TPSA) is 101 Å². The van der Waals surface area contributed by atoms with Crippen molar-refractivity contribution in [1.29, 1.82) is 0 Å². The second-order valence-corrected chi connectivity index (χ2v) is 4.08. The first-order valence-corrected chi connectivity index (χ1v) is 5.74. The van der Waals surface area contributed by atoms with Gasteiger partial charge in [0.15, 0.2) is 5.69 Å². The first kappa shape index (κ1) is 13.6. The van der Waals surface area contributed by atoms with Gasteiger partial charge in [-0.25, -0.2) is 9.59 Å². The van der Waals surface area contributed by atoms with Gasteiger partial charge in [-0.1, -0.05) is 30.3 Å². The van der Waals surface area contributed by atoms with Gasteiger partial charge in [0.25, 0.3) is 5.56 Å². The fourth-order valence-electron chi connectivity index (χ4n) is 1.61. The van der Waals surface area contributed by atoms with Crippen LogP contribution in [0.5, 0.6) is 5.75 Å². The van der Waals surface area contributed by atoms with E-state index in [2.05, 4.69) is 4.98 Å². The number of carboxylic acid groups (broad SMARTS) is 1. The number of aromatic nitrogens is 2. The van der Waals surface area contributed by atoms with Crippen LogP contribution in [0.3, 0.4) is 0 Å². The van der Waals surface area contributed by atoms with Crippen molar-refractivity contribution >= 4 is 5.97 Å². The zero-order valence-corrected chi connectivity index (χ0v) is 10.6. The van der Waals surface area contributed by atoms with E-state index in [-0.39, 0.29) is 12.4 Å². The van der Waals surface area contributed by atoms with E-state index in [1.807, 2.05) is 6.07 Å². The Labute approximate surface area is 113 Å². The average molecular weight is 276 g/mol. The lowest BCUT2D eigenvalue weighted by Crippen LogP contribution is -2.35. The van der Waals surface area contributed by atoms with Crippen LogP contribution < -0.4 is 16.0 Å². The maximum Gasteiger partial charge on any atom is 0.356 e. The normalized spacial score (nSPS) is 10.2. The van der Waals surface area contributed by atoms with Crippen molar-refractivity contribution < 1.29 is 14.6 Å². The van der Waals surface area contributed by atoms with Crippen molar-refractivity contribution in [2.24, 2.45) is 7.05 Å². The zero-order valence-electron chi connectivity index (χ0n) is 10.6. The fourth-order valence-corrected chi connectivity index (χ4v) is 1.61. The SMILES string of the molecule is Cn1c(=O)[nH]c(C(=O)O)c(OCc2ccccc2)c1=O. The van der Waals surface area contributed by atoms with Crippen LogP contribution in [0.1, 0.15) is 16.1 Å². The molecule has 0 fully saturated rings. The molecule has 0 radical (unpaired) electrons. The first-order chi connectivity index (χ1) is 9.50. The number of H-pyrrole nitrogens is 1. The number of nitrogens with zero attached hydrogens (tertiary/aromatic N) is 1. The zero-order chi connectivity index (χ0) is 14.7. The quantitative estimate of drug-likeness (QED) is 0.839. The molecule has 1 aromatic carbocycles. The van der Waals surface area contributed by atoms with Crippen molar-refractivity contribution in [3.63, 3.8) is 0 Å². The molecule has 7 heteroatoms. The van der Waals surface area contributed by atoms with Crippen molar-refractivity contribution in [3.05, 3.63) is 62.4 Å². The van der Waals surface area contributed by atoms with Crippen LogP contribution >= 0.6 is 0 Å². The first-order valence-electron chi connectivity index (χ1n) is 5.74. The average Bonchev–Trinajstić information content (AvgIpc) is 2.44. The number of carboxylic acids is 1. The summed E-state index contributed by atoms with van der Waals surface area (Å²) in [6.45, 7) is 0.0302. The van der Waals surface area contributed by atoms with Gasteiger partial charge in [-0.15, -0.1) is 0 Å². The molecular formula is C13H12N2O5. The molecule has 0 aliphatic rings. The lowest BCUT2D eigenvalue weighted by atomic mass is 10.2. The summed E-state index contributed by atoms with van der Waals surface area (Å²) < 4.78 is 6.02. The van der Waals surface area contributed by atoms with Gasteiger partial charge in [0.2, 0.25) is 5.75 Å². The summed E-state index contributed by atoms with van der Waals surface area (Å²) in [7, 11) is 1.24. The minimum absolute atomic E-state index is 0.0302. The third-order valence-electron chi connectivity index (χ3n) is 2.70. The van der Waals surface area contributed by atoms with Gasteiger partial charge in [-0.2, -0.15) is 0 Å². The Hall–Kier alpha value is -2.83. The number of carbonyl (C=O) groups is 1. The molecule has 0 unspecified atom stereocenters. The van der Waals surface area contributed by atoms with E-state index in [0.29, 0.717) is 0 Å². The smallest absolute Gasteiger partial charge is 0.356 e. The number of aromatic carboxylic acids is 1. The highest BCUT2D eigenvalue weighted by Gasteiger charge is 2.19. The van der Waals surface area contributed by atoms with Crippen LogP contribution in [-0.2, 0) is 13.7 Å². The summed E-state index contributed by atoms with van der Waals surface area (Å²) >= 11 is 0. The van der Waals surface area contributed by atoms with E-state index in [1.165, 1.54) is 7.05 Å². The lowest BCUT2D eigenvalue weighted by Gasteiger charge is -2.09. The molecule has 0 aliphatic carbocycles. The van der Waals surface area contributed by atoms with Crippen LogP contribution in [0.15, 0.2) is 39.9 Å². The molecule has 104 valence electrons. The highest BCUT2D eigenvalue weighted by Crippen LogP contribution is 2.11. The van der Waals surface area contributed by atoms with Gasteiger partial charge < -0.3 is 9.84 Å². The molecule has 0 aliphatic heterocycles. The number of ether oxygens (including phenoxy) is 1. The van der Waals surface area contributed by atoms with Gasteiger partial charge in [-0.05, 0) is 5.56 Å². The van der Waals surface area contributed by atoms with Crippen LogP contribution in [0, 0.1) is 0 Å². The molecular weight excluding hydrogens is 264 g/mol. The van der Waals surface area contributed by atoms with Gasteiger partial charge in [-0.3, -0.25) is 14.3 Å². The molecule has 7 nitrogen and oxygen atoms in total. The maximum atomic E-state index is 11.9. The van der Waals surface area contributed by atoms with Crippen molar-refractivity contribution in [3.8, 4) is 5.75 Å². The second kappa shape index (κ2) is 5.43. The molecule has 20 heavy (non-hydrogen) atoms. The Balaban J connectivity index is 2.40. The van der Waals surface area contributed by atoms with E-state index in [9.17, 15) is 14.4 Å². The van der Waals surface area contributed by atoms with Gasteiger partial charge >= 0.3 is 11.7 Å². The van der Waals surface area contributed by atoms with Crippen LogP contribution in [0.4, 0.5) is 0 Å². The maximum absolute atomic E-state index is 11.9. The third kappa shape index (κ3) is 2.61. The Morgan fingerprint density at radius 1 is 1.30 bits per heavy atom. The minimum atomic E-state index is -1.43. The summed E-state index contributed by atoms with van der Waals surface area (Å²) in [6, 6.07) is 8.96. The largest absolute Gasteiger partial charge is 0.481 e. The monoisotopic (exact) mass is 276 g/mol. The van der Waals surface area contributed by atoms with Crippen LogP contribution in [0.25, 0.3) is 0 Å². The van der Waals surface area contributed by atoms with E-state index < -0.39 is 22.9 Å². The summed E-state index contributed by atoms with van der Waals surface area (Å²) in [5.41, 5.74) is -1.37. The summed E-state index contributed by atoms with van der Waals surface area (Å²) in [5.74, 6) is -1.81. The molecule has 2 N–H and O–H groups in total. The predicted molar refractivity (Wildman–Crippen MR) is 70.0 cm³/mol. The van der Waals surface area contributed by atoms with Crippen molar-refractivity contribution in [2.75, 3.05) is 0 Å². The molecule has 1 aromatic heterocycles. The number of hydrogen-bond acceptors (Lipinski definition) is 4. The minimum Gasteiger partial charge on any atom is -0.481 e. The van der Waals surface area contributed by atoms with Crippen molar-refractivity contribution in [2.45, 2.75) is 6.61 Å². The van der Waals surface area contributed by atoms with Gasteiger partial charge in [0.1, 0.15) is 6.61 Å². The molecule has 2 aromatic rings. The highest BCUT2D eigenvalue weighted by atomic mass is 16.5. The molecule has 0 bridgehead atoms. The molecule has 1 heterocycles. The number of rotatable bonds is 4. The molecule has 0 saturated heterocycles. The lowest BCUT2D eigenvalue weighted by molar-refractivity contribution is 0.0683. The van der Waals surface area contributed by atoms with Crippen LogP contribution in [-0.4, -0.2) is 20.6 Å². The Kier molecular flexibility index (Phi) is 3.69. The number of aromatic amines is 1.